The molecule has 0 aliphatic carbocycles. The number of nitrogens with one attached hydrogen (secondary N) is 1. The lowest BCUT2D eigenvalue weighted by Crippen LogP contribution is -2.30. The Labute approximate surface area is 138 Å². The SMILES string of the molecule is Cc1ccc(NC(=O)[C@H](C)Oc2ccccc2C(C)C)c(C)c1. The van der Waals surface area contributed by atoms with Crippen LogP contribution in [0.1, 0.15) is 43.4 Å². The molecule has 0 fully saturated rings. The molecule has 0 spiro atoms. The second-order valence-corrected chi connectivity index (χ2v) is 6.26. The molecule has 3 heteroatoms. The summed E-state index contributed by atoms with van der Waals surface area (Å²) in [4.78, 5) is 12.4. The van der Waals surface area contributed by atoms with Gasteiger partial charge in [-0.2, -0.15) is 0 Å². The number of carbonyl (C=O) groups excluding carboxylic acids is 1. The highest BCUT2D eigenvalue weighted by atomic mass is 16.5. The zero-order chi connectivity index (χ0) is 17.0. The van der Waals surface area contributed by atoms with Gasteiger partial charge in [-0.25, -0.2) is 0 Å². The topological polar surface area (TPSA) is 38.3 Å². The zero-order valence-electron chi connectivity index (χ0n) is 14.5. The molecule has 0 aliphatic rings. The van der Waals surface area contributed by atoms with Crippen molar-refractivity contribution >= 4 is 11.6 Å². The highest BCUT2D eigenvalue weighted by Gasteiger charge is 2.18. The number of rotatable bonds is 5. The maximum Gasteiger partial charge on any atom is 0.265 e. The summed E-state index contributed by atoms with van der Waals surface area (Å²) in [5, 5.41) is 2.94. The van der Waals surface area contributed by atoms with E-state index in [-0.39, 0.29) is 5.91 Å². The molecular formula is C20H25NO2. The Bertz CT molecular complexity index is 692. The zero-order valence-corrected chi connectivity index (χ0v) is 14.5. The van der Waals surface area contributed by atoms with E-state index in [4.69, 9.17) is 4.74 Å². The fourth-order valence-corrected chi connectivity index (χ4v) is 2.50. The first-order valence-electron chi connectivity index (χ1n) is 8.02. The Morgan fingerprint density at radius 1 is 1.04 bits per heavy atom. The molecule has 1 amide bonds. The molecule has 0 saturated heterocycles. The summed E-state index contributed by atoms with van der Waals surface area (Å²) in [5.74, 6) is 0.974. The smallest absolute Gasteiger partial charge is 0.265 e. The lowest BCUT2D eigenvalue weighted by Gasteiger charge is -2.19. The number of hydrogen-bond donors (Lipinski definition) is 1. The minimum absolute atomic E-state index is 0.143. The quantitative estimate of drug-likeness (QED) is 0.858. The van der Waals surface area contributed by atoms with Crippen LogP contribution in [-0.2, 0) is 4.79 Å². The van der Waals surface area contributed by atoms with Crippen molar-refractivity contribution in [1.29, 1.82) is 0 Å². The van der Waals surface area contributed by atoms with E-state index >= 15 is 0 Å². The van der Waals surface area contributed by atoms with Crippen molar-refractivity contribution in [2.45, 2.75) is 46.6 Å². The first kappa shape index (κ1) is 17.1. The Morgan fingerprint density at radius 2 is 1.74 bits per heavy atom. The number of ether oxygens (including phenoxy) is 1. The van der Waals surface area contributed by atoms with Gasteiger partial charge in [0, 0.05) is 5.69 Å². The summed E-state index contributed by atoms with van der Waals surface area (Å²) in [7, 11) is 0. The molecular weight excluding hydrogens is 286 g/mol. The molecule has 23 heavy (non-hydrogen) atoms. The van der Waals surface area contributed by atoms with Gasteiger partial charge in [-0.05, 0) is 49.9 Å². The number of para-hydroxylation sites is 1. The van der Waals surface area contributed by atoms with Crippen molar-refractivity contribution in [3.63, 3.8) is 0 Å². The third kappa shape index (κ3) is 4.35. The molecule has 0 unspecified atom stereocenters. The van der Waals surface area contributed by atoms with Crippen molar-refractivity contribution in [3.05, 3.63) is 59.2 Å². The van der Waals surface area contributed by atoms with Crippen molar-refractivity contribution in [3.8, 4) is 5.75 Å². The van der Waals surface area contributed by atoms with Gasteiger partial charge in [0.25, 0.3) is 5.91 Å². The van der Waals surface area contributed by atoms with Crippen LogP contribution >= 0.6 is 0 Å². The van der Waals surface area contributed by atoms with E-state index in [1.807, 2.05) is 50.2 Å². The van der Waals surface area contributed by atoms with Crippen molar-refractivity contribution in [2.75, 3.05) is 5.32 Å². The molecule has 122 valence electrons. The summed E-state index contributed by atoms with van der Waals surface area (Å²) in [6.07, 6.45) is -0.560. The maximum absolute atomic E-state index is 12.4. The van der Waals surface area contributed by atoms with Crippen LogP contribution < -0.4 is 10.1 Å². The summed E-state index contributed by atoms with van der Waals surface area (Å²) >= 11 is 0. The van der Waals surface area contributed by atoms with Crippen LogP contribution in [0.4, 0.5) is 5.69 Å². The molecule has 0 bridgehead atoms. The van der Waals surface area contributed by atoms with Crippen molar-refractivity contribution in [2.24, 2.45) is 0 Å². The number of carbonyl (C=O) groups is 1. The van der Waals surface area contributed by atoms with E-state index in [2.05, 4.69) is 25.2 Å². The van der Waals surface area contributed by atoms with E-state index in [9.17, 15) is 4.79 Å². The van der Waals surface area contributed by atoms with Gasteiger partial charge < -0.3 is 10.1 Å². The van der Waals surface area contributed by atoms with E-state index in [1.165, 1.54) is 5.56 Å². The second kappa shape index (κ2) is 7.32. The van der Waals surface area contributed by atoms with Crippen LogP contribution in [0, 0.1) is 13.8 Å². The molecule has 0 heterocycles. The van der Waals surface area contributed by atoms with E-state index in [1.54, 1.807) is 6.92 Å². The Morgan fingerprint density at radius 3 is 2.39 bits per heavy atom. The fraction of sp³-hybridized carbons (Fsp3) is 0.350. The predicted octanol–water partition coefficient (Wildman–Crippen LogP) is 4.83. The van der Waals surface area contributed by atoms with Crippen molar-refractivity contribution in [1.82, 2.24) is 0 Å². The van der Waals surface area contributed by atoms with Gasteiger partial charge in [-0.1, -0.05) is 49.7 Å². The summed E-state index contributed by atoms with van der Waals surface area (Å²) in [6.45, 7) is 10.0. The van der Waals surface area contributed by atoms with Gasteiger partial charge in [-0.15, -0.1) is 0 Å². The summed E-state index contributed by atoms with van der Waals surface area (Å²) in [5.41, 5.74) is 4.16. The molecule has 3 nitrogen and oxygen atoms in total. The highest BCUT2D eigenvalue weighted by molar-refractivity contribution is 5.94. The van der Waals surface area contributed by atoms with E-state index in [0.29, 0.717) is 5.92 Å². The maximum atomic E-state index is 12.4. The average Bonchev–Trinajstić information content (AvgIpc) is 2.50. The van der Waals surface area contributed by atoms with Gasteiger partial charge in [0.2, 0.25) is 0 Å². The molecule has 0 aromatic heterocycles. The number of anilines is 1. The molecule has 0 saturated carbocycles. The Kier molecular flexibility index (Phi) is 5.43. The largest absolute Gasteiger partial charge is 0.481 e. The predicted molar refractivity (Wildman–Crippen MR) is 95.2 cm³/mol. The third-order valence-electron chi connectivity index (χ3n) is 3.85. The molecule has 0 aliphatic heterocycles. The molecule has 2 aromatic rings. The monoisotopic (exact) mass is 311 g/mol. The minimum atomic E-state index is -0.560. The van der Waals surface area contributed by atoms with Crippen LogP contribution in [0.25, 0.3) is 0 Å². The number of amides is 1. The lowest BCUT2D eigenvalue weighted by atomic mass is 10.0. The molecule has 1 atom stereocenters. The summed E-state index contributed by atoms with van der Waals surface area (Å²) in [6, 6.07) is 13.8. The molecule has 1 N–H and O–H groups in total. The highest BCUT2D eigenvalue weighted by Crippen LogP contribution is 2.27. The van der Waals surface area contributed by atoms with Gasteiger partial charge in [-0.3, -0.25) is 4.79 Å². The first-order valence-corrected chi connectivity index (χ1v) is 8.02. The Balaban J connectivity index is 2.09. The van der Waals surface area contributed by atoms with Crippen molar-refractivity contribution < 1.29 is 9.53 Å². The van der Waals surface area contributed by atoms with Gasteiger partial charge in [0.1, 0.15) is 5.75 Å². The average molecular weight is 311 g/mol. The molecule has 2 aromatic carbocycles. The lowest BCUT2D eigenvalue weighted by molar-refractivity contribution is -0.122. The van der Waals surface area contributed by atoms with Gasteiger partial charge >= 0.3 is 0 Å². The van der Waals surface area contributed by atoms with Gasteiger partial charge in [0.15, 0.2) is 6.10 Å². The summed E-state index contributed by atoms with van der Waals surface area (Å²) < 4.78 is 5.89. The third-order valence-corrected chi connectivity index (χ3v) is 3.85. The van der Waals surface area contributed by atoms with Crippen LogP contribution in [0.15, 0.2) is 42.5 Å². The van der Waals surface area contributed by atoms with Crippen LogP contribution in [0.5, 0.6) is 5.75 Å². The van der Waals surface area contributed by atoms with Crippen LogP contribution in [-0.4, -0.2) is 12.0 Å². The first-order chi connectivity index (χ1) is 10.9. The van der Waals surface area contributed by atoms with Crippen LogP contribution in [0.3, 0.4) is 0 Å². The molecule has 0 radical (unpaired) electrons. The fourth-order valence-electron chi connectivity index (χ4n) is 2.50. The van der Waals surface area contributed by atoms with Gasteiger partial charge in [0.05, 0.1) is 0 Å². The number of benzene rings is 2. The minimum Gasteiger partial charge on any atom is -0.481 e. The number of hydrogen-bond acceptors (Lipinski definition) is 2. The standard InChI is InChI=1S/C20H25NO2/c1-13(2)17-8-6-7-9-19(17)23-16(5)20(22)21-18-11-10-14(3)12-15(18)4/h6-13,16H,1-5H3,(H,21,22)/t16-/m0/s1. The number of aryl methyl sites for hydroxylation is 2. The Hall–Kier alpha value is -2.29. The van der Waals surface area contributed by atoms with Crippen LogP contribution in [0.2, 0.25) is 0 Å². The van der Waals surface area contributed by atoms with E-state index in [0.717, 1.165) is 22.6 Å². The molecule has 2 rings (SSSR count). The van der Waals surface area contributed by atoms with E-state index < -0.39 is 6.10 Å². The normalized spacial score (nSPS) is 12.1. The second-order valence-electron chi connectivity index (χ2n) is 6.26.